The molecule has 3 nitrogen and oxygen atoms in total. The average Bonchev–Trinajstić information content (AvgIpc) is 2.21. The molecule has 96 valence electrons. The van der Waals surface area contributed by atoms with Gasteiger partial charge in [0.05, 0.1) is 6.04 Å². The van der Waals surface area contributed by atoms with Crippen LogP contribution in [0.2, 0.25) is 0 Å². The maximum Gasteiger partial charge on any atom is 0.234 e. The monoisotopic (exact) mass is 228 g/mol. The van der Waals surface area contributed by atoms with Crippen LogP contribution in [0.4, 0.5) is 0 Å². The molecule has 0 radical (unpaired) electrons. The van der Waals surface area contributed by atoms with Crippen LogP contribution in [0.1, 0.15) is 59.3 Å². The van der Waals surface area contributed by atoms with E-state index >= 15 is 0 Å². The van der Waals surface area contributed by atoms with Crippen molar-refractivity contribution >= 4 is 5.91 Å². The molecule has 3 heteroatoms. The summed E-state index contributed by atoms with van der Waals surface area (Å²) in [6.07, 6.45) is 7.11. The van der Waals surface area contributed by atoms with Gasteiger partial charge in [0, 0.05) is 0 Å². The van der Waals surface area contributed by atoms with Gasteiger partial charge in [-0.3, -0.25) is 4.79 Å². The summed E-state index contributed by atoms with van der Waals surface area (Å²) in [7, 11) is 0. The van der Waals surface area contributed by atoms with Crippen LogP contribution >= 0.6 is 0 Å². The zero-order valence-corrected chi connectivity index (χ0v) is 11.1. The number of hydrogen-bond acceptors (Lipinski definition) is 2. The van der Waals surface area contributed by atoms with Crippen molar-refractivity contribution in [2.45, 2.75) is 65.3 Å². The maximum absolute atomic E-state index is 10.9. The van der Waals surface area contributed by atoms with Gasteiger partial charge in [0.2, 0.25) is 5.91 Å². The molecule has 0 aromatic heterocycles. The molecule has 0 saturated carbocycles. The van der Waals surface area contributed by atoms with Crippen molar-refractivity contribution in [3.63, 3.8) is 0 Å². The highest BCUT2D eigenvalue weighted by Gasteiger charge is 2.10. The van der Waals surface area contributed by atoms with E-state index in [2.05, 4.69) is 19.2 Å². The summed E-state index contributed by atoms with van der Waals surface area (Å²) < 4.78 is 0. The summed E-state index contributed by atoms with van der Waals surface area (Å²) in [5.41, 5.74) is 5.24. The standard InChI is InChI=1S/C13H28N2O/c1-4-12(13(14)16)15-10-8-6-5-7-9-11(2)3/h11-12,15H,4-10H2,1-3H3,(H2,14,16). The Balaban J connectivity index is 3.29. The molecule has 1 atom stereocenters. The second-order valence-corrected chi connectivity index (χ2v) is 4.91. The van der Waals surface area contributed by atoms with E-state index in [1.807, 2.05) is 6.92 Å². The fourth-order valence-corrected chi connectivity index (χ4v) is 1.75. The molecule has 16 heavy (non-hydrogen) atoms. The predicted octanol–water partition coefficient (Wildman–Crippen LogP) is 2.45. The molecule has 0 bridgehead atoms. The van der Waals surface area contributed by atoms with Crippen molar-refractivity contribution in [1.29, 1.82) is 0 Å². The Morgan fingerprint density at radius 2 is 1.81 bits per heavy atom. The van der Waals surface area contributed by atoms with Gasteiger partial charge >= 0.3 is 0 Å². The van der Waals surface area contributed by atoms with Crippen molar-refractivity contribution in [1.82, 2.24) is 5.32 Å². The summed E-state index contributed by atoms with van der Waals surface area (Å²) >= 11 is 0. The third-order valence-corrected chi connectivity index (χ3v) is 2.85. The zero-order chi connectivity index (χ0) is 12.4. The van der Waals surface area contributed by atoms with Crippen molar-refractivity contribution < 1.29 is 4.79 Å². The molecule has 0 heterocycles. The van der Waals surface area contributed by atoms with Gasteiger partial charge in [-0.1, -0.05) is 46.5 Å². The molecule has 0 aliphatic heterocycles. The Labute approximate surface area is 100 Å². The largest absolute Gasteiger partial charge is 0.368 e. The van der Waals surface area contributed by atoms with Gasteiger partial charge in [-0.2, -0.15) is 0 Å². The highest BCUT2D eigenvalue weighted by Crippen LogP contribution is 2.09. The van der Waals surface area contributed by atoms with E-state index in [1.165, 1.54) is 25.7 Å². The summed E-state index contributed by atoms with van der Waals surface area (Å²) in [5, 5.41) is 3.19. The van der Waals surface area contributed by atoms with E-state index in [0.717, 1.165) is 25.3 Å². The summed E-state index contributed by atoms with van der Waals surface area (Å²) in [6, 6.07) is -0.143. The van der Waals surface area contributed by atoms with Crippen LogP contribution in [-0.2, 0) is 4.79 Å². The van der Waals surface area contributed by atoms with Gasteiger partial charge < -0.3 is 11.1 Å². The lowest BCUT2D eigenvalue weighted by atomic mass is 10.0. The van der Waals surface area contributed by atoms with Crippen LogP contribution in [0.15, 0.2) is 0 Å². The fraction of sp³-hybridized carbons (Fsp3) is 0.923. The first-order valence-electron chi connectivity index (χ1n) is 6.60. The van der Waals surface area contributed by atoms with Crippen molar-refractivity contribution in [2.75, 3.05) is 6.54 Å². The first kappa shape index (κ1) is 15.4. The Morgan fingerprint density at radius 3 is 2.31 bits per heavy atom. The SMILES string of the molecule is CCC(NCCCCCCC(C)C)C(N)=O. The minimum absolute atomic E-state index is 0.143. The van der Waals surface area contributed by atoms with E-state index in [9.17, 15) is 4.79 Å². The van der Waals surface area contributed by atoms with Crippen LogP contribution in [0.5, 0.6) is 0 Å². The average molecular weight is 228 g/mol. The second kappa shape index (κ2) is 9.64. The normalized spacial score (nSPS) is 13.0. The van der Waals surface area contributed by atoms with Gasteiger partial charge in [-0.25, -0.2) is 0 Å². The molecule has 0 aliphatic rings. The van der Waals surface area contributed by atoms with Crippen molar-refractivity contribution in [3.8, 4) is 0 Å². The topological polar surface area (TPSA) is 55.1 Å². The highest BCUT2D eigenvalue weighted by atomic mass is 16.1. The van der Waals surface area contributed by atoms with E-state index < -0.39 is 0 Å². The Kier molecular flexibility index (Phi) is 9.30. The van der Waals surface area contributed by atoms with Crippen LogP contribution in [0.3, 0.4) is 0 Å². The van der Waals surface area contributed by atoms with Crippen molar-refractivity contribution in [2.24, 2.45) is 11.7 Å². The summed E-state index contributed by atoms with van der Waals surface area (Å²) in [6.45, 7) is 7.41. The first-order valence-corrected chi connectivity index (χ1v) is 6.60. The molecule has 3 N–H and O–H groups in total. The number of carbonyl (C=O) groups excluding carboxylic acids is 1. The van der Waals surface area contributed by atoms with E-state index in [4.69, 9.17) is 5.73 Å². The lowest BCUT2D eigenvalue weighted by Gasteiger charge is -2.12. The third-order valence-electron chi connectivity index (χ3n) is 2.85. The molecule has 0 aromatic rings. The molecule has 1 unspecified atom stereocenters. The number of hydrogen-bond donors (Lipinski definition) is 2. The van der Waals surface area contributed by atoms with Gasteiger partial charge in [0.25, 0.3) is 0 Å². The smallest absolute Gasteiger partial charge is 0.234 e. The lowest BCUT2D eigenvalue weighted by Crippen LogP contribution is -2.41. The number of carbonyl (C=O) groups is 1. The van der Waals surface area contributed by atoms with Gasteiger partial charge in [0.1, 0.15) is 0 Å². The highest BCUT2D eigenvalue weighted by molar-refractivity contribution is 5.79. The quantitative estimate of drug-likeness (QED) is 0.564. The van der Waals surface area contributed by atoms with Crippen molar-refractivity contribution in [3.05, 3.63) is 0 Å². The molecule has 0 aliphatic carbocycles. The van der Waals surface area contributed by atoms with Crippen LogP contribution in [-0.4, -0.2) is 18.5 Å². The van der Waals surface area contributed by atoms with Crippen LogP contribution in [0.25, 0.3) is 0 Å². The fourth-order valence-electron chi connectivity index (χ4n) is 1.75. The maximum atomic E-state index is 10.9. The molecule has 1 amide bonds. The molecule has 0 rings (SSSR count). The summed E-state index contributed by atoms with van der Waals surface area (Å²) in [4.78, 5) is 10.9. The number of primary amides is 1. The predicted molar refractivity (Wildman–Crippen MR) is 69.2 cm³/mol. The molecule has 0 saturated heterocycles. The van der Waals surface area contributed by atoms with E-state index in [1.54, 1.807) is 0 Å². The molecular formula is C13H28N2O. The third kappa shape index (κ3) is 8.72. The number of amides is 1. The molecule has 0 fully saturated rings. The minimum atomic E-state index is -0.234. The number of nitrogens with two attached hydrogens (primary N) is 1. The number of nitrogens with one attached hydrogen (secondary N) is 1. The Bertz CT molecular complexity index is 181. The Morgan fingerprint density at radius 1 is 1.19 bits per heavy atom. The lowest BCUT2D eigenvalue weighted by molar-refractivity contribution is -0.120. The molecular weight excluding hydrogens is 200 g/mol. The number of unbranched alkanes of at least 4 members (excludes halogenated alkanes) is 3. The van der Waals surface area contributed by atoms with Crippen LogP contribution < -0.4 is 11.1 Å². The number of rotatable bonds is 10. The van der Waals surface area contributed by atoms with E-state index in [-0.39, 0.29) is 11.9 Å². The zero-order valence-electron chi connectivity index (χ0n) is 11.1. The summed E-state index contributed by atoms with van der Waals surface area (Å²) in [5.74, 6) is 0.583. The Hall–Kier alpha value is -0.570. The molecule has 0 spiro atoms. The first-order chi connectivity index (χ1) is 7.57. The van der Waals surface area contributed by atoms with Gasteiger partial charge in [-0.15, -0.1) is 0 Å². The van der Waals surface area contributed by atoms with Gasteiger partial charge in [-0.05, 0) is 25.3 Å². The minimum Gasteiger partial charge on any atom is -0.368 e. The van der Waals surface area contributed by atoms with Gasteiger partial charge in [0.15, 0.2) is 0 Å². The van der Waals surface area contributed by atoms with E-state index in [0.29, 0.717) is 0 Å². The second-order valence-electron chi connectivity index (χ2n) is 4.91. The molecule has 0 aromatic carbocycles. The van der Waals surface area contributed by atoms with Crippen LogP contribution in [0, 0.1) is 5.92 Å².